The van der Waals surface area contributed by atoms with Crippen molar-refractivity contribution >= 4 is 34.9 Å². The molecule has 1 aromatic heterocycles. The minimum absolute atomic E-state index is 0.315. The van der Waals surface area contributed by atoms with Crippen molar-refractivity contribution < 1.29 is 9.53 Å². The van der Waals surface area contributed by atoms with Crippen LogP contribution in [0.4, 0.5) is 5.69 Å². The van der Waals surface area contributed by atoms with E-state index in [4.69, 9.17) is 27.9 Å². The number of nitrogens with zero attached hydrogens (tertiary/aromatic N) is 3. The minimum Gasteiger partial charge on any atom is -0.465 e. The van der Waals surface area contributed by atoms with Crippen molar-refractivity contribution in [2.24, 2.45) is 0 Å². The summed E-state index contributed by atoms with van der Waals surface area (Å²) in [6.45, 7) is 5.74. The lowest BCUT2D eigenvalue weighted by atomic mass is 10.1. The maximum atomic E-state index is 11.6. The van der Waals surface area contributed by atoms with Gasteiger partial charge in [-0.2, -0.15) is 0 Å². The first-order chi connectivity index (χ1) is 12.5. The Kier molecular flexibility index (Phi) is 6.01. The van der Waals surface area contributed by atoms with E-state index >= 15 is 0 Å². The number of carbonyl (C=O) groups excluding carboxylic acids is 1. The van der Waals surface area contributed by atoms with E-state index in [1.807, 2.05) is 24.3 Å². The number of rotatable bonds is 4. The number of ether oxygens (including phenoxy) is 1. The summed E-state index contributed by atoms with van der Waals surface area (Å²) in [7, 11) is 1.39. The highest BCUT2D eigenvalue weighted by atomic mass is 35.5. The summed E-state index contributed by atoms with van der Waals surface area (Å²) >= 11 is 12.0. The van der Waals surface area contributed by atoms with Gasteiger partial charge >= 0.3 is 5.97 Å². The average Bonchev–Trinajstić information content (AvgIpc) is 2.62. The zero-order valence-corrected chi connectivity index (χ0v) is 16.3. The molecule has 0 spiro atoms. The first kappa shape index (κ1) is 19.0. The number of aromatic nitrogens is 1. The molecule has 0 amide bonds. The topological polar surface area (TPSA) is 45.7 Å². The first-order valence-electron chi connectivity index (χ1n) is 8.45. The number of hydrogen-bond donors (Lipinski definition) is 0. The molecule has 1 atom stereocenters. The molecule has 2 aromatic rings. The average molecular weight is 394 g/mol. The number of piperazine rings is 1. The molecule has 3 rings (SSSR count). The second-order valence-corrected chi connectivity index (χ2v) is 7.20. The Labute approximate surface area is 163 Å². The number of methoxy groups -OCH3 is 1. The van der Waals surface area contributed by atoms with Crippen LogP contribution in [-0.4, -0.2) is 48.6 Å². The molecule has 1 saturated heterocycles. The molecule has 1 fully saturated rings. The molecule has 138 valence electrons. The van der Waals surface area contributed by atoms with Gasteiger partial charge in [-0.15, -0.1) is 0 Å². The van der Waals surface area contributed by atoms with Crippen molar-refractivity contribution in [3.05, 3.63) is 57.8 Å². The van der Waals surface area contributed by atoms with Gasteiger partial charge in [0.2, 0.25) is 0 Å². The van der Waals surface area contributed by atoms with Crippen LogP contribution in [0.3, 0.4) is 0 Å². The molecule has 26 heavy (non-hydrogen) atoms. The van der Waals surface area contributed by atoms with Gasteiger partial charge in [0, 0.05) is 37.9 Å². The van der Waals surface area contributed by atoms with Gasteiger partial charge in [-0.05, 0) is 48.9 Å². The molecular formula is C19H21Cl2N3O2. The van der Waals surface area contributed by atoms with Crippen LogP contribution in [0.25, 0.3) is 0 Å². The second kappa shape index (κ2) is 8.25. The highest BCUT2D eigenvalue weighted by molar-refractivity contribution is 6.32. The third-order valence-electron chi connectivity index (χ3n) is 4.63. The predicted molar refractivity (Wildman–Crippen MR) is 104 cm³/mol. The number of carbonyl (C=O) groups is 1. The van der Waals surface area contributed by atoms with Gasteiger partial charge in [-0.3, -0.25) is 4.90 Å². The molecule has 2 heterocycles. The Balaban J connectivity index is 1.63. The van der Waals surface area contributed by atoms with E-state index in [1.165, 1.54) is 7.11 Å². The van der Waals surface area contributed by atoms with Gasteiger partial charge in [-0.1, -0.05) is 23.2 Å². The van der Waals surface area contributed by atoms with Gasteiger partial charge < -0.3 is 9.64 Å². The van der Waals surface area contributed by atoms with E-state index in [-0.39, 0.29) is 5.97 Å². The zero-order valence-electron chi connectivity index (χ0n) is 14.8. The van der Waals surface area contributed by atoms with E-state index in [9.17, 15) is 4.79 Å². The quantitative estimate of drug-likeness (QED) is 0.582. The first-order valence-corrected chi connectivity index (χ1v) is 9.21. The molecule has 1 aromatic carbocycles. The number of anilines is 1. The number of pyridine rings is 1. The fourth-order valence-electron chi connectivity index (χ4n) is 3.23. The van der Waals surface area contributed by atoms with Crippen LogP contribution in [0, 0.1) is 0 Å². The molecule has 0 radical (unpaired) electrons. The molecule has 5 nitrogen and oxygen atoms in total. The van der Waals surface area contributed by atoms with E-state index in [0.29, 0.717) is 21.9 Å². The second-order valence-electron chi connectivity index (χ2n) is 6.42. The normalized spacial score (nSPS) is 18.0. The van der Waals surface area contributed by atoms with Crippen LogP contribution in [0.5, 0.6) is 0 Å². The van der Waals surface area contributed by atoms with Gasteiger partial charge in [0.05, 0.1) is 12.7 Å². The summed E-state index contributed by atoms with van der Waals surface area (Å²) < 4.78 is 4.74. The van der Waals surface area contributed by atoms with E-state index in [0.717, 1.165) is 37.4 Å². The summed E-state index contributed by atoms with van der Waals surface area (Å²) in [6, 6.07) is 11.6. The molecule has 1 aliphatic heterocycles. The Morgan fingerprint density at radius 3 is 2.42 bits per heavy atom. The number of hydrogen-bond acceptors (Lipinski definition) is 5. The van der Waals surface area contributed by atoms with Gasteiger partial charge in [0.25, 0.3) is 0 Å². The van der Waals surface area contributed by atoms with Crippen LogP contribution >= 0.6 is 23.2 Å². The van der Waals surface area contributed by atoms with Gasteiger partial charge in [0.1, 0.15) is 10.3 Å². The minimum atomic E-state index is -0.315. The van der Waals surface area contributed by atoms with Crippen LogP contribution in [0.2, 0.25) is 10.3 Å². The Hall–Kier alpha value is -1.82. The van der Waals surface area contributed by atoms with E-state index in [1.54, 1.807) is 12.1 Å². The van der Waals surface area contributed by atoms with Crippen molar-refractivity contribution in [1.29, 1.82) is 0 Å². The van der Waals surface area contributed by atoms with Crippen LogP contribution < -0.4 is 4.90 Å². The maximum Gasteiger partial charge on any atom is 0.337 e. The van der Waals surface area contributed by atoms with Crippen molar-refractivity contribution in [3.63, 3.8) is 0 Å². The Morgan fingerprint density at radius 2 is 1.85 bits per heavy atom. The van der Waals surface area contributed by atoms with Crippen molar-refractivity contribution in [2.45, 2.75) is 19.5 Å². The van der Waals surface area contributed by atoms with E-state index in [2.05, 4.69) is 21.7 Å². The van der Waals surface area contributed by atoms with Crippen molar-refractivity contribution in [1.82, 2.24) is 9.88 Å². The number of halogens is 2. The SMILES string of the molecule is COC(=O)c1ccc(N2CCN(Cc3cc(Cl)nc(Cl)c3)C(C)C2)cc1. The van der Waals surface area contributed by atoms with Gasteiger partial charge in [0.15, 0.2) is 0 Å². The summed E-state index contributed by atoms with van der Waals surface area (Å²) in [4.78, 5) is 20.3. The summed E-state index contributed by atoms with van der Waals surface area (Å²) in [6.07, 6.45) is 0. The molecular weight excluding hydrogens is 373 g/mol. The van der Waals surface area contributed by atoms with Crippen molar-refractivity contribution in [2.75, 3.05) is 31.6 Å². The smallest absolute Gasteiger partial charge is 0.337 e. The lowest BCUT2D eigenvalue weighted by Gasteiger charge is -2.41. The summed E-state index contributed by atoms with van der Waals surface area (Å²) in [5.74, 6) is -0.315. The largest absolute Gasteiger partial charge is 0.465 e. The summed E-state index contributed by atoms with van der Waals surface area (Å²) in [5, 5.41) is 0.842. The van der Waals surface area contributed by atoms with Crippen LogP contribution in [-0.2, 0) is 11.3 Å². The fraction of sp³-hybridized carbons (Fsp3) is 0.368. The molecule has 7 heteroatoms. The highest BCUT2D eigenvalue weighted by Crippen LogP contribution is 2.23. The number of benzene rings is 1. The van der Waals surface area contributed by atoms with Crippen LogP contribution in [0.15, 0.2) is 36.4 Å². The van der Waals surface area contributed by atoms with Crippen LogP contribution in [0.1, 0.15) is 22.8 Å². The lowest BCUT2D eigenvalue weighted by Crippen LogP contribution is -2.51. The Morgan fingerprint density at radius 1 is 1.19 bits per heavy atom. The highest BCUT2D eigenvalue weighted by Gasteiger charge is 2.24. The third-order valence-corrected chi connectivity index (χ3v) is 5.01. The van der Waals surface area contributed by atoms with E-state index < -0.39 is 0 Å². The summed E-state index contributed by atoms with van der Waals surface area (Å²) in [5.41, 5.74) is 2.74. The standard InChI is InChI=1S/C19H21Cl2N3O2/c1-13-11-24(16-5-3-15(4-6-16)19(25)26-2)8-7-23(13)12-14-9-17(20)22-18(21)10-14/h3-6,9-10,13H,7-8,11-12H2,1-2H3. The molecule has 0 aliphatic carbocycles. The molecule has 0 bridgehead atoms. The molecule has 0 saturated carbocycles. The predicted octanol–water partition coefficient (Wildman–Crippen LogP) is 3.89. The third kappa shape index (κ3) is 4.47. The fourth-order valence-corrected chi connectivity index (χ4v) is 3.74. The molecule has 1 aliphatic rings. The van der Waals surface area contributed by atoms with Gasteiger partial charge in [-0.25, -0.2) is 9.78 Å². The Bertz CT molecular complexity index is 763. The monoisotopic (exact) mass is 393 g/mol. The van der Waals surface area contributed by atoms with Crippen molar-refractivity contribution in [3.8, 4) is 0 Å². The zero-order chi connectivity index (χ0) is 18.7. The number of esters is 1. The lowest BCUT2D eigenvalue weighted by molar-refractivity contribution is 0.0600. The molecule has 0 N–H and O–H groups in total. The maximum absolute atomic E-state index is 11.6. The molecule has 1 unspecified atom stereocenters.